The van der Waals surface area contributed by atoms with E-state index >= 15 is 0 Å². The van der Waals surface area contributed by atoms with E-state index in [0.29, 0.717) is 0 Å². The number of carboxylic acids is 1. The molecule has 0 saturated heterocycles. The van der Waals surface area contributed by atoms with E-state index in [1.54, 1.807) is 0 Å². The van der Waals surface area contributed by atoms with Crippen molar-refractivity contribution in [3.05, 3.63) is 29.6 Å². The van der Waals surface area contributed by atoms with Crippen LogP contribution in [-0.4, -0.2) is 41.1 Å². The van der Waals surface area contributed by atoms with Crippen LogP contribution in [0.15, 0.2) is 18.3 Å². The Balaban J connectivity index is 2.91. The highest BCUT2D eigenvalue weighted by atomic mass is 16.5. The summed E-state index contributed by atoms with van der Waals surface area (Å²) in [5.41, 5.74) is -0.479. The number of ether oxygens (including phenoxy) is 1. The molecule has 0 unspecified atom stereocenters. The molecule has 1 aromatic rings. The third-order valence-electron chi connectivity index (χ3n) is 2.16. The number of carbonyl (C=O) groups excluding carboxylic acids is 2. The van der Waals surface area contributed by atoms with Gasteiger partial charge in [0, 0.05) is 6.20 Å². The third-order valence-corrected chi connectivity index (χ3v) is 2.16. The van der Waals surface area contributed by atoms with Gasteiger partial charge in [0.1, 0.15) is 11.7 Å². The fourth-order valence-electron chi connectivity index (χ4n) is 1.26. The van der Waals surface area contributed by atoms with Gasteiger partial charge in [-0.2, -0.15) is 0 Å². The van der Waals surface area contributed by atoms with E-state index in [9.17, 15) is 14.4 Å². The number of hydrogen-bond acceptors (Lipinski definition) is 5. The van der Waals surface area contributed by atoms with Crippen molar-refractivity contribution in [3.8, 4) is 0 Å². The number of esters is 1. The lowest BCUT2D eigenvalue weighted by molar-refractivity contribution is -0.142. The summed E-state index contributed by atoms with van der Waals surface area (Å²) < 4.78 is 4.44. The summed E-state index contributed by atoms with van der Waals surface area (Å²) in [4.78, 5) is 37.5. The number of hydrogen-bond donors (Lipinski definition) is 2. The zero-order valence-electron chi connectivity index (χ0n) is 9.84. The van der Waals surface area contributed by atoms with Crippen molar-refractivity contribution in [1.29, 1.82) is 0 Å². The number of carbonyl (C=O) groups is 3. The summed E-state index contributed by atoms with van der Waals surface area (Å²) in [6.07, 6.45) is 1.30. The molecule has 7 heteroatoms. The second kappa shape index (κ2) is 5.76. The first-order valence-electron chi connectivity index (χ1n) is 5.04. The van der Waals surface area contributed by atoms with Crippen molar-refractivity contribution in [3.63, 3.8) is 0 Å². The lowest BCUT2D eigenvalue weighted by atomic mass is 10.2. The number of methoxy groups -OCH3 is 1. The smallest absolute Gasteiger partial charge is 0.338 e. The van der Waals surface area contributed by atoms with Crippen LogP contribution >= 0.6 is 0 Å². The average Bonchev–Trinajstić information content (AvgIpc) is 2.37. The molecule has 0 aliphatic rings. The number of pyridine rings is 1. The predicted molar refractivity (Wildman–Crippen MR) is 60.1 cm³/mol. The normalized spacial score (nSPS) is 11.4. The largest absolute Gasteiger partial charge is 0.478 e. The van der Waals surface area contributed by atoms with Gasteiger partial charge < -0.3 is 15.2 Å². The monoisotopic (exact) mass is 252 g/mol. The van der Waals surface area contributed by atoms with Crippen molar-refractivity contribution in [2.75, 3.05) is 7.11 Å². The van der Waals surface area contributed by atoms with Crippen LogP contribution in [0.1, 0.15) is 27.8 Å². The maximum Gasteiger partial charge on any atom is 0.338 e. The molecule has 0 saturated carbocycles. The van der Waals surface area contributed by atoms with Crippen LogP contribution in [0.5, 0.6) is 0 Å². The molecule has 0 aliphatic heterocycles. The standard InChI is InChI=1S/C11H12N2O5/c1-6(11(17)18-2)13-9(14)8-7(10(15)16)4-3-5-12-8/h3-6H,1-2H3,(H,13,14)(H,15,16)/t6-/m0/s1. The van der Waals surface area contributed by atoms with Crippen molar-refractivity contribution >= 4 is 17.8 Å². The molecule has 1 atom stereocenters. The molecule has 0 aromatic carbocycles. The molecule has 0 spiro atoms. The van der Waals surface area contributed by atoms with E-state index in [2.05, 4.69) is 15.0 Å². The Kier molecular flexibility index (Phi) is 4.36. The first kappa shape index (κ1) is 13.6. The van der Waals surface area contributed by atoms with E-state index in [4.69, 9.17) is 5.11 Å². The molecule has 0 radical (unpaired) electrons. The Labute approximate surface area is 103 Å². The summed E-state index contributed by atoms with van der Waals surface area (Å²) in [5.74, 6) is -2.64. The predicted octanol–water partition coefficient (Wildman–Crippen LogP) is 0.0711. The number of aromatic nitrogens is 1. The fraction of sp³-hybridized carbons (Fsp3) is 0.273. The topological polar surface area (TPSA) is 106 Å². The van der Waals surface area contributed by atoms with Gasteiger partial charge in [0.25, 0.3) is 5.91 Å². The molecule has 0 fully saturated rings. The van der Waals surface area contributed by atoms with Crippen molar-refractivity contribution in [1.82, 2.24) is 10.3 Å². The minimum Gasteiger partial charge on any atom is -0.478 e. The molecule has 0 bridgehead atoms. The Bertz CT molecular complexity index is 486. The SMILES string of the molecule is COC(=O)[C@H](C)NC(=O)c1ncccc1C(=O)O. The number of amides is 1. The van der Waals surface area contributed by atoms with Crippen LogP contribution in [0.3, 0.4) is 0 Å². The second-order valence-corrected chi connectivity index (χ2v) is 3.42. The van der Waals surface area contributed by atoms with Crippen LogP contribution in [0.25, 0.3) is 0 Å². The number of rotatable bonds is 4. The summed E-state index contributed by atoms with van der Waals surface area (Å²) >= 11 is 0. The van der Waals surface area contributed by atoms with Gasteiger partial charge in [0.05, 0.1) is 12.7 Å². The molecule has 0 aliphatic carbocycles. The molecule has 2 N–H and O–H groups in total. The first-order chi connectivity index (χ1) is 8.47. The van der Waals surface area contributed by atoms with Gasteiger partial charge in [0.15, 0.2) is 0 Å². The Hall–Kier alpha value is -2.44. The van der Waals surface area contributed by atoms with Crippen LogP contribution < -0.4 is 5.32 Å². The minimum atomic E-state index is -1.26. The number of aromatic carboxylic acids is 1. The third kappa shape index (κ3) is 3.03. The highest BCUT2D eigenvalue weighted by Crippen LogP contribution is 2.05. The highest BCUT2D eigenvalue weighted by molar-refractivity contribution is 6.04. The molecular weight excluding hydrogens is 240 g/mol. The van der Waals surface area contributed by atoms with Gasteiger partial charge in [-0.1, -0.05) is 0 Å². The maximum absolute atomic E-state index is 11.8. The fourth-order valence-corrected chi connectivity index (χ4v) is 1.26. The number of nitrogens with zero attached hydrogens (tertiary/aromatic N) is 1. The Morgan fingerprint density at radius 2 is 2.11 bits per heavy atom. The Morgan fingerprint density at radius 1 is 1.44 bits per heavy atom. The Morgan fingerprint density at radius 3 is 2.67 bits per heavy atom. The molecule has 1 rings (SSSR count). The van der Waals surface area contributed by atoms with Crippen molar-refractivity contribution < 1.29 is 24.2 Å². The molecular formula is C11H12N2O5. The van der Waals surface area contributed by atoms with Gasteiger partial charge >= 0.3 is 11.9 Å². The molecule has 96 valence electrons. The summed E-state index contributed by atoms with van der Waals surface area (Å²) in [6.45, 7) is 1.42. The van der Waals surface area contributed by atoms with E-state index in [-0.39, 0.29) is 11.3 Å². The van der Waals surface area contributed by atoms with Gasteiger partial charge in [-0.05, 0) is 19.1 Å². The summed E-state index contributed by atoms with van der Waals surface area (Å²) in [7, 11) is 1.19. The zero-order chi connectivity index (χ0) is 13.7. The van der Waals surface area contributed by atoms with E-state index in [0.717, 1.165) is 0 Å². The van der Waals surface area contributed by atoms with Gasteiger partial charge in [-0.3, -0.25) is 9.78 Å². The van der Waals surface area contributed by atoms with Crippen LogP contribution in [0, 0.1) is 0 Å². The summed E-state index contributed by atoms with van der Waals surface area (Å²) in [6, 6.07) is 1.78. The first-order valence-corrected chi connectivity index (χ1v) is 5.04. The molecule has 18 heavy (non-hydrogen) atoms. The van der Waals surface area contributed by atoms with Crippen LogP contribution in [0.4, 0.5) is 0 Å². The van der Waals surface area contributed by atoms with Crippen molar-refractivity contribution in [2.45, 2.75) is 13.0 Å². The highest BCUT2D eigenvalue weighted by Gasteiger charge is 2.21. The van der Waals surface area contributed by atoms with Crippen LogP contribution in [0.2, 0.25) is 0 Å². The van der Waals surface area contributed by atoms with Crippen molar-refractivity contribution in [2.24, 2.45) is 0 Å². The van der Waals surface area contributed by atoms with Gasteiger partial charge in [-0.15, -0.1) is 0 Å². The lowest BCUT2D eigenvalue weighted by Gasteiger charge is -2.11. The number of nitrogens with one attached hydrogen (secondary N) is 1. The molecule has 7 nitrogen and oxygen atoms in total. The summed E-state index contributed by atoms with van der Waals surface area (Å²) in [5, 5.41) is 11.2. The van der Waals surface area contributed by atoms with Gasteiger partial charge in [0.2, 0.25) is 0 Å². The van der Waals surface area contributed by atoms with E-state index in [1.807, 2.05) is 0 Å². The zero-order valence-corrected chi connectivity index (χ0v) is 9.84. The lowest BCUT2D eigenvalue weighted by Crippen LogP contribution is -2.40. The van der Waals surface area contributed by atoms with E-state index in [1.165, 1.54) is 32.4 Å². The number of carboxylic acid groups (broad SMARTS) is 1. The van der Waals surface area contributed by atoms with E-state index < -0.39 is 23.9 Å². The average molecular weight is 252 g/mol. The second-order valence-electron chi connectivity index (χ2n) is 3.42. The molecule has 1 aromatic heterocycles. The van der Waals surface area contributed by atoms with Crippen LogP contribution in [-0.2, 0) is 9.53 Å². The maximum atomic E-state index is 11.8. The molecule has 1 heterocycles. The van der Waals surface area contributed by atoms with Gasteiger partial charge in [-0.25, -0.2) is 9.59 Å². The molecule has 1 amide bonds. The minimum absolute atomic E-state index is 0.230. The quantitative estimate of drug-likeness (QED) is 0.734.